The molecule has 4 aromatic rings. The molecule has 230 valence electrons. The van der Waals surface area contributed by atoms with E-state index in [0.717, 1.165) is 0 Å². The zero-order chi connectivity index (χ0) is 32.1. The van der Waals surface area contributed by atoms with Crippen LogP contribution in [0.3, 0.4) is 0 Å². The number of hydrogen-bond donors (Lipinski definition) is 2. The standard InChI is InChI=1S/C33H27ClF3N5O3/c34-22-15-16-26(39-19-22)42-25-14-8-7-13-23(25)28(21-11-5-2-6-12-21)40-30(32(42)45)41-31(44)27(20-9-3-1-4-10-20)24(29(38)43)17-18-33(35,36)37/h1-16,19,24,27,30H,17-18H2,(H2,38,43)(H,41,44)/t24-,27+,30-/m1/s1. The Kier molecular flexibility index (Phi) is 9.29. The largest absolute Gasteiger partial charge is 0.389 e. The fourth-order valence-corrected chi connectivity index (χ4v) is 5.38. The van der Waals surface area contributed by atoms with Gasteiger partial charge in [0, 0.05) is 23.7 Å². The number of benzene rings is 3. The lowest BCUT2D eigenvalue weighted by Gasteiger charge is -2.28. The van der Waals surface area contributed by atoms with E-state index >= 15 is 0 Å². The Morgan fingerprint density at radius 2 is 1.58 bits per heavy atom. The van der Waals surface area contributed by atoms with Crippen LogP contribution in [0.2, 0.25) is 5.02 Å². The van der Waals surface area contributed by atoms with Gasteiger partial charge in [-0.3, -0.25) is 19.3 Å². The molecular weight excluding hydrogens is 607 g/mol. The molecule has 0 fully saturated rings. The molecule has 8 nitrogen and oxygen atoms in total. The Morgan fingerprint density at radius 1 is 0.933 bits per heavy atom. The molecule has 3 aromatic carbocycles. The molecule has 0 saturated carbocycles. The van der Waals surface area contributed by atoms with Crippen LogP contribution in [0.4, 0.5) is 24.7 Å². The Hall–Kier alpha value is -5.03. The van der Waals surface area contributed by atoms with Gasteiger partial charge in [-0.05, 0) is 30.2 Å². The van der Waals surface area contributed by atoms with Crippen molar-refractivity contribution in [1.82, 2.24) is 10.3 Å². The minimum Gasteiger partial charge on any atom is -0.369 e. The fraction of sp³-hybridized carbons (Fsp3) is 0.182. The zero-order valence-electron chi connectivity index (χ0n) is 23.6. The molecule has 3 atom stereocenters. The number of fused-ring (bicyclic) bond motifs is 1. The minimum absolute atomic E-state index is 0.195. The van der Waals surface area contributed by atoms with Gasteiger partial charge < -0.3 is 11.1 Å². The van der Waals surface area contributed by atoms with E-state index in [1.807, 2.05) is 6.07 Å². The monoisotopic (exact) mass is 633 g/mol. The van der Waals surface area contributed by atoms with Crippen LogP contribution < -0.4 is 16.0 Å². The number of alkyl halides is 3. The van der Waals surface area contributed by atoms with Crippen LogP contribution in [0.15, 0.2) is 108 Å². The number of para-hydroxylation sites is 1. The number of aliphatic imine (C=N–C) groups is 1. The van der Waals surface area contributed by atoms with Gasteiger partial charge in [0.2, 0.25) is 18.0 Å². The molecule has 3 amide bonds. The third kappa shape index (κ3) is 7.21. The average molecular weight is 634 g/mol. The highest BCUT2D eigenvalue weighted by molar-refractivity contribution is 6.30. The minimum atomic E-state index is -4.59. The number of primary amides is 1. The number of nitrogens with two attached hydrogens (primary N) is 1. The number of nitrogens with one attached hydrogen (secondary N) is 1. The number of anilines is 2. The predicted molar refractivity (Wildman–Crippen MR) is 164 cm³/mol. The summed E-state index contributed by atoms with van der Waals surface area (Å²) in [6.45, 7) is 0. The Bertz CT molecular complexity index is 1720. The third-order valence-electron chi connectivity index (χ3n) is 7.33. The number of carbonyl (C=O) groups is 3. The van der Waals surface area contributed by atoms with Gasteiger partial charge in [-0.15, -0.1) is 0 Å². The second kappa shape index (κ2) is 13.3. The van der Waals surface area contributed by atoms with Crippen LogP contribution >= 0.6 is 11.6 Å². The Balaban J connectivity index is 1.62. The number of carbonyl (C=O) groups excluding carboxylic acids is 3. The van der Waals surface area contributed by atoms with Gasteiger partial charge in [0.1, 0.15) is 5.82 Å². The van der Waals surface area contributed by atoms with Gasteiger partial charge in [-0.25, -0.2) is 9.98 Å². The summed E-state index contributed by atoms with van der Waals surface area (Å²) in [5, 5.41) is 2.96. The first-order valence-corrected chi connectivity index (χ1v) is 14.3. The molecule has 5 rings (SSSR count). The van der Waals surface area contributed by atoms with Gasteiger partial charge in [0.15, 0.2) is 0 Å². The lowest BCUT2D eigenvalue weighted by Crippen LogP contribution is -2.49. The van der Waals surface area contributed by atoms with Crippen LogP contribution in [0.25, 0.3) is 0 Å². The number of amides is 3. The van der Waals surface area contributed by atoms with Crippen molar-refractivity contribution in [3.63, 3.8) is 0 Å². The summed E-state index contributed by atoms with van der Waals surface area (Å²) in [4.78, 5) is 51.3. The van der Waals surface area contributed by atoms with Crippen molar-refractivity contribution >= 4 is 46.5 Å². The summed E-state index contributed by atoms with van der Waals surface area (Å²) >= 11 is 6.07. The number of rotatable bonds is 9. The summed E-state index contributed by atoms with van der Waals surface area (Å²) < 4.78 is 39.7. The normalized spacial score (nSPS) is 16.2. The maximum absolute atomic E-state index is 14.3. The molecule has 1 aromatic heterocycles. The molecular formula is C33H27ClF3N5O3. The summed E-state index contributed by atoms with van der Waals surface area (Å²) in [5.41, 5.74) is 7.85. The maximum Gasteiger partial charge on any atom is 0.389 e. The number of pyridine rings is 1. The maximum atomic E-state index is 14.3. The van der Waals surface area contributed by atoms with Gasteiger partial charge in [0.25, 0.3) is 5.91 Å². The van der Waals surface area contributed by atoms with Crippen molar-refractivity contribution < 1.29 is 27.6 Å². The highest BCUT2D eigenvalue weighted by atomic mass is 35.5. The van der Waals surface area contributed by atoms with E-state index in [9.17, 15) is 27.6 Å². The molecule has 0 aliphatic carbocycles. The third-order valence-corrected chi connectivity index (χ3v) is 7.55. The van der Waals surface area contributed by atoms with Gasteiger partial charge in [-0.1, -0.05) is 90.5 Å². The first-order chi connectivity index (χ1) is 21.5. The van der Waals surface area contributed by atoms with Crippen LogP contribution in [-0.4, -0.2) is 40.8 Å². The van der Waals surface area contributed by atoms with Crippen molar-refractivity contribution in [3.05, 3.63) is 125 Å². The fourth-order valence-electron chi connectivity index (χ4n) is 5.26. The van der Waals surface area contributed by atoms with Gasteiger partial charge >= 0.3 is 6.18 Å². The summed E-state index contributed by atoms with van der Waals surface area (Å²) in [5.74, 6) is -5.45. The first kappa shape index (κ1) is 31.4. The molecule has 45 heavy (non-hydrogen) atoms. The smallest absolute Gasteiger partial charge is 0.369 e. The molecule has 0 spiro atoms. The van der Waals surface area contributed by atoms with Gasteiger partial charge in [0.05, 0.1) is 28.3 Å². The Labute approximate surface area is 261 Å². The number of hydrogen-bond acceptors (Lipinski definition) is 5. The predicted octanol–water partition coefficient (Wildman–Crippen LogP) is 5.92. The first-order valence-electron chi connectivity index (χ1n) is 13.9. The summed E-state index contributed by atoms with van der Waals surface area (Å²) in [6.07, 6.45) is -6.85. The van der Waals surface area contributed by atoms with Crippen molar-refractivity contribution in [2.24, 2.45) is 16.6 Å². The highest BCUT2D eigenvalue weighted by Crippen LogP contribution is 2.35. The second-order valence-corrected chi connectivity index (χ2v) is 10.8. The lowest BCUT2D eigenvalue weighted by atomic mass is 9.81. The van der Waals surface area contributed by atoms with Crippen LogP contribution in [0, 0.1) is 5.92 Å². The summed E-state index contributed by atoms with van der Waals surface area (Å²) in [7, 11) is 0. The van der Waals surface area contributed by atoms with Crippen LogP contribution in [-0.2, 0) is 14.4 Å². The Morgan fingerprint density at radius 3 is 2.20 bits per heavy atom. The van der Waals surface area contributed by atoms with Crippen LogP contribution in [0.5, 0.6) is 0 Å². The molecule has 0 bridgehead atoms. The van der Waals surface area contributed by atoms with E-state index in [1.54, 1.807) is 72.8 Å². The molecule has 0 radical (unpaired) electrons. The van der Waals surface area contributed by atoms with Crippen molar-refractivity contribution in [2.75, 3.05) is 4.90 Å². The van der Waals surface area contributed by atoms with E-state index in [2.05, 4.69) is 10.3 Å². The van der Waals surface area contributed by atoms with Crippen molar-refractivity contribution in [3.8, 4) is 0 Å². The van der Waals surface area contributed by atoms with E-state index in [0.29, 0.717) is 27.5 Å². The summed E-state index contributed by atoms with van der Waals surface area (Å²) in [6, 6.07) is 26.9. The van der Waals surface area contributed by atoms with Gasteiger partial charge in [-0.2, -0.15) is 13.2 Å². The number of halogens is 4. The van der Waals surface area contributed by atoms with Crippen molar-refractivity contribution in [2.45, 2.75) is 31.1 Å². The van der Waals surface area contributed by atoms with E-state index in [4.69, 9.17) is 22.3 Å². The number of aromatic nitrogens is 1. The van der Waals surface area contributed by atoms with E-state index in [1.165, 1.54) is 29.3 Å². The second-order valence-electron chi connectivity index (χ2n) is 10.3. The number of benzodiazepines with no additional fused rings is 1. The molecule has 0 saturated heterocycles. The zero-order valence-corrected chi connectivity index (χ0v) is 24.4. The molecule has 1 aliphatic heterocycles. The number of nitrogens with zero attached hydrogens (tertiary/aromatic N) is 3. The lowest BCUT2D eigenvalue weighted by molar-refractivity contribution is -0.143. The molecule has 2 heterocycles. The molecule has 0 unspecified atom stereocenters. The molecule has 3 N–H and O–H groups in total. The van der Waals surface area contributed by atoms with E-state index < -0.39 is 54.7 Å². The molecule has 12 heteroatoms. The van der Waals surface area contributed by atoms with Crippen molar-refractivity contribution in [1.29, 1.82) is 0 Å². The highest BCUT2D eigenvalue weighted by Gasteiger charge is 2.40. The SMILES string of the molecule is NC(=O)[C@H](CCC(F)(F)F)[C@@H](C(=O)N[C@H]1N=C(c2ccccc2)c2ccccc2N(c2ccc(Cl)cn2)C1=O)c1ccccc1. The molecule has 1 aliphatic rings. The quantitative estimate of drug-likeness (QED) is 0.238. The van der Waals surface area contributed by atoms with Crippen LogP contribution in [0.1, 0.15) is 35.4 Å². The average Bonchev–Trinajstić information content (AvgIpc) is 3.14. The topological polar surface area (TPSA) is 118 Å². The van der Waals surface area contributed by atoms with E-state index in [-0.39, 0.29) is 11.4 Å².